The van der Waals surface area contributed by atoms with Crippen molar-refractivity contribution >= 4 is 23.4 Å². The normalized spacial score (nSPS) is 12.6. The van der Waals surface area contributed by atoms with Gasteiger partial charge in [-0.25, -0.2) is 0 Å². The van der Waals surface area contributed by atoms with E-state index in [1.807, 2.05) is 23.6 Å². The lowest BCUT2D eigenvalue weighted by Gasteiger charge is -2.19. The molecule has 2 heterocycles. The predicted octanol–water partition coefficient (Wildman–Crippen LogP) is 3.78. The van der Waals surface area contributed by atoms with Crippen LogP contribution in [-0.2, 0) is 11.3 Å². The molecule has 0 saturated carbocycles. The number of benzene rings is 2. The third kappa shape index (κ3) is 4.37. The van der Waals surface area contributed by atoms with E-state index in [9.17, 15) is 4.79 Å². The number of hydrogen-bond acceptors (Lipinski definition) is 6. The van der Waals surface area contributed by atoms with Gasteiger partial charge in [0.25, 0.3) is 0 Å². The standard InChI is InChI=1S/C21H22N4O3S/c1-3-25-20(15-6-4-14(2)5-7-15)23-24-21(25)29-13-19(26)22-16-8-9-17-18(12-16)28-11-10-27-17/h4-9,12H,3,10-11,13H2,1-2H3,(H,22,26). The van der Waals surface area contributed by atoms with E-state index < -0.39 is 0 Å². The summed E-state index contributed by atoms with van der Waals surface area (Å²) in [6, 6.07) is 13.6. The molecule has 0 bridgehead atoms. The van der Waals surface area contributed by atoms with Gasteiger partial charge in [0.1, 0.15) is 13.2 Å². The summed E-state index contributed by atoms with van der Waals surface area (Å²) in [5.74, 6) is 2.27. The summed E-state index contributed by atoms with van der Waals surface area (Å²) in [6.07, 6.45) is 0. The highest BCUT2D eigenvalue weighted by molar-refractivity contribution is 7.99. The molecule has 150 valence electrons. The lowest BCUT2D eigenvalue weighted by molar-refractivity contribution is -0.113. The molecule has 29 heavy (non-hydrogen) atoms. The third-order valence-electron chi connectivity index (χ3n) is 4.50. The molecule has 1 aromatic heterocycles. The zero-order chi connectivity index (χ0) is 20.2. The van der Waals surface area contributed by atoms with Crippen molar-refractivity contribution in [1.82, 2.24) is 14.8 Å². The van der Waals surface area contributed by atoms with Crippen molar-refractivity contribution in [3.63, 3.8) is 0 Å². The van der Waals surface area contributed by atoms with Gasteiger partial charge in [0, 0.05) is 23.9 Å². The number of nitrogens with one attached hydrogen (secondary N) is 1. The molecule has 0 spiro atoms. The van der Waals surface area contributed by atoms with Crippen LogP contribution in [0.4, 0.5) is 5.69 Å². The number of thioether (sulfide) groups is 1. The van der Waals surface area contributed by atoms with Crippen molar-refractivity contribution in [2.45, 2.75) is 25.5 Å². The molecular formula is C21H22N4O3S. The van der Waals surface area contributed by atoms with Gasteiger partial charge in [0.2, 0.25) is 5.91 Å². The fourth-order valence-electron chi connectivity index (χ4n) is 3.04. The van der Waals surface area contributed by atoms with Crippen LogP contribution >= 0.6 is 11.8 Å². The molecule has 0 radical (unpaired) electrons. The maximum atomic E-state index is 12.4. The first kappa shape index (κ1) is 19.3. The molecule has 8 heteroatoms. The van der Waals surface area contributed by atoms with E-state index in [4.69, 9.17) is 9.47 Å². The van der Waals surface area contributed by atoms with Gasteiger partial charge in [-0.2, -0.15) is 0 Å². The van der Waals surface area contributed by atoms with Crippen molar-refractivity contribution in [1.29, 1.82) is 0 Å². The van der Waals surface area contributed by atoms with E-state index in [-0.39, 0.29) is 11.7 Å². The van der Waals surface area contributed by atoms with Gasteiger partial charge >= 0.3 is 0 Å². The molecule has 7 nitrogen and oxygen atoms in total. The summed E-state index contributed by atoms with van der Waals surface area (Å²) in [6.45, 7) is 5.87. The Morgan fingerprint density at radius 2 is 1.86 bits per heavy atom. The molecular weight excluding hydrogens is 388 g/mol. The Morgan fingerprint density at radius 3 is 2.62 bits per heavy atom. The first-order valence-corrected chi connectivity index (χ1v) is 10.4. The molecule has 4 rings (SSSR count). The van der Waals surface area contributed by atoms with Gasteiger partial charge in [0.05, 0.1) is 5.75 Å². The van der Waals surface area contributed by atoms with Crippen LogP contribution in [0.1, 0.15) is 12.5 Å². The number of anilines is 1. The summed E-state index contributed by atoms with van der Waals surface area (Å²) in [5, 5.41) is 12.2. The van der Waals surface area contributed by atoms with Crippen molar-refractivity contribution in [3.05, 3.63) is 48.0 Å². The molecule has 1 N–H and O–H groups in total. The van der Waals surface area contributed by atoms with E-state index in [1.54, 1.807) is 18.2 Å². The Bertz CT molecular complexity index is 1020. The van der Waals surface area contributed by atoms with Crippen molar-refractivity contribution in [3.8, 4) is 22.9 Å². The summed E-state index contributed by atoms with van der Waals surface area (Å²) in [5.41, 5.74) is 2.89. The lowest BCUT2D eigenvalue weighted by atomic mass is 10.1. The lowest BCUT2D eigenvalue weighted by Crippen LogP contribution is -2.17. The molecule has 0 aliphatic carbocycles. The van der Waals surface area contributed by atoms with Gasteiger partial charge in [0.15, 0.2) is 22.5 Å². The fourth-order valence-corrected chi connectivity index (χ4v) is 3.85. The van der Waals surface area contributed by atoms with E-state index in [0.717, 1.165) is 23.1 Å². The van der Waals surface area contributed by atoms with Crippen LogP contribution < -0.4 is 14.8 Å². The van der Waals surface area contributed by atoms with Crippen molar-refractivity contribution < 1.29 is 14.3 Å². The zero-order valence-corrected chi connectivity index (χ0v) is 17.2. The van der Waals surface area contributed by atoms with Crippen LogP contribution in [0.25, 0.3) is 11.4 Å². The average Bonchev–Trinajstić information content (AvgIpc) is 3.15. The number of aryl methyl sites for hydroxylation is 1. The number of amides is 1. The Labute approximate surface area is 173 Å². The smallest absolute Gasteiger partial charge is 0.234 e. The zero-order valence-electron chi connectivity index (χ0n) is 16.3. The average molecular weight is 410 g/mol. The van der Waals surface area contributed by atoms with Gasteiger partial charge in [-0.15, -0.1) is 10.2 Å². The molecule has 1 aliphatic heterocycles. The Hall–Kier alpha value is -3.00. The summed E-state index contributed by atoms with van der Waals surface area (Å²) < 4.78 is 13.1. The van der Waals surface area contributed by atoms with Crippen LogP contribution in [0, 0.1) is 6.92 Å². The largest absolute Gasteiger partial charge is 0.486 e. The second-order valence-electron chi connectivity index (χ2n) is 6.61. The van der Waals surface area contributed by atoms with Crippen LogP contribution in [0.5, 0.6) is 11.5 Å². The molecule has 0 atom stereocenters. The number of aromatic nitrogens is 3. The van der Waals surface area contributed by atoms with Crippen molar-refractivity contribution in [2.75, 3.05) is 24.3 Å². The molecule has 1 amide bonds. The van der Waals surface area contributed by atoms with Crippen LogP contribution in [0.2, 0.25) is 0 Å². The summed E-state index contributed by atoms with van der Waals surface area (Å²) in [4.78, 5) is 12.4. The van der Waals surface area contributed by atoms with Gasteiger partial charge < -0.3 is 19.4 Å². The second kappa shape index (κ2) is 8.57. The van der Waals surface area contributed by atoms with Crippen LogP contribution in [0.15, 0.2) is 47.6 Å². The minimum Gasteiger partial charge on any atom is -0.486 e. The number of carbonyl (C=O) groups is 1. The van der Waals surface area contributed by atoms with Gasteiger partial charge in [-0.05, 0) is 26.0 Å². The Balaban J connectivity index is 1.41. The number of rotatable bonds is 6. The Kier molecular flexibility index (Phi) is 5.71. The number of hydrogen-bond donors (Lipinski definition) is 1. The van der Waals surface area contributed by atoms with E-state index in [0.29, 0.717) is 30.4 Å². The highest BCUT2D eigenvalue weighted by atomic mass is 32.2. The van der Waals surface area contributed by atoms with E-state index in [2.05, 4.69) is 34.6 Å². The van der Waals surface area contributed by atoms with E-state index in [1.165, 1.54) is 17.3 Å². The molecule has 1 aliphatic rings. The highest BCUT2D eigenvalue weighted by Crippen LogP contribution is 2.32. The van der Waals surface area contributed by atoms with Crippen LogP contribution in [0.3, 0.4) is 0 Å². The molecule has 3 aromatic rings. The highest BCUT2D eigenvalue weighted by Gasteiger charge is 2.16. The SMILES string of the molecule is CCn1c(SCC(=O)Nc2ccc3c(c2)OCCO3)nnc1-c1ccc(C)cc1. The first-order valence-electron chi connectivity index (χ1n) is 9.46. The molecule has 2 aromatic carbocycles. The molecule has 0 unspecified atom stereocenters. The monoisotopic (exact) mass is 410 g/mol. The van der Waals surface area contributed by atoms with Gasteiger partial charge in [-0.1, -0.05) is 41.6 Å². The maximum absolute atomic E-state index is 12.4. The minimum atomic E-state index is -0.116. The maximum Gasteiger partial charge on any atom is 0.234 e. The third-order valence-corrected chi connectivity index (χ3v) is 5.47. The molecule has 0 fully saturated rings. The number of nitrogens with zero attached hydrogens (tertiary/aromatic N) is 3. The summed E-state index contributed by atoms with van der Waals surface area (Å²) >= 11 is 1.37. The topological polar surface area (TPSA) is 78.3 Å². The second-order valence-corrected chi connectivity index (χ2v) is 7.55. The van der Waals surface area contributed by atoms with E-state index >= 15 is 0 Å². The van der Waals surface area contributed by atoms with Gasteiger partial charge in [-0.3, -0.25) is 4.79 Å². The summed E-state index contributed by atoms with van der Waals surface area (Å²) in [7, 11) is 0. The molecule has 0 saturated heterocycles. The first-order chi connectivity index (χ1) is 14.1. The number of fused-ring (bicyclic) bond motifs is 1. The Morgan fingerprint density at radius 1 is 1.10 bits per heavy atom. The quantitative estimate of drug-likeness (QED) is 0.623. The number of carbonyl (C=O) groups excluding carboxylic acids is 1. The van der Waals surface area contributed by atoms with Crippen molar-refractivity contribution in [2.24, 2.45) is 0 Å². The predicted molar refractivity (Wildman–Crippen MR) is 113 cm³/mol. The fraction of sp³-hybridized carbons (Fsp3) is 0.286. The van der Waals surface area contributed by atoms with Crippen LogP contribution in [-0.4, -0.2) is 39.6 Å². The number of ether oxygens (including phenoxy) is 2. The minimum absolute atomic E-state index is 0.116.